The van der Waals surface area contributed by atoms with E-state index in [1.54, 1.807) is 11.4 Å². The highest BCUT2D eigenvalue weighted by Crippen LogP contribution is 2.24. The van der Waals surface area contributed by atoms with Gasteiger partial charge in [0.1, 0.15) is 5.82 Å². The molecule has 1 saturated heterocycles. The van der Waals surface area contributed by atoms with Gasteiger partial charge in [-0.25, -0.2) is 9.37 Å². The molecule has 2 aromatic rings. The number of amides is 2. The Bertz CT molecular complexity index is 836. The molecule has 0 radical (unpaired) electrons. The van der Waals surface area contributed by atoms with Gasteiger partial charge < -0.3 is 10.6 Å². The summed E-state index contributed by atoms with van der Waals surface area (Å²) in [7, 11) is 0. The zero-order chi connectivity index (χ0) is 19.4. The normalized spacial score (nSPS) is 18.4. The van der Waals surface area contributed by atoms with Crippen molar-refractivity contribution in [1.29, 1.82) is 0 Å². The maximum absolute atomic E-state index is 13.7. The number of carbonyl (C=O) groups excluding carboxylic acids is 2. The lowest BCUT2D eigenvalue weighted by Crippen LogP contribution is -2.49. The molecule has 2 atom stereocenters. The van der Waals surface area contributed by atoms with Crippen molar-refractivity contribution < 1.29 is 14.0 Å². The molecular weight excluding hydrogens is 438 g/mol. The lowest BCUT2D eigenvalue weighted by molar-refractivity contribution is -0.134. The van der Waals surface area contributed by atoms with Crippen molar-refractivity contribution in [3.63, 3.8) is 0 Å². The van der Waals surface area contributed by atoms with Gasteiger partial charge in [0.2, 0.25) is 5.91 Å². The van der Waals surface area contributed by atoms with Gasteiger partial charge in [0.15, 0.2) is 5.13 Å². The largest absolute Gasteiger partial charge is 0.338 e. The standard InChI is InChI=1S/C19H23FN4O2S.2ClH/c1-12-6-7-24(14(8-12)10-21)17(25)9-13-11-27-19(22-13)23-18(26)15-4-2-3-5-16(15)20;;/h2-5,11-12,14H,6-10,21H2,1H3,(H,22,23,26);2*1H. The molecule has 3 rings (SSSR count). The van der Waals surface area contributed by atoms with E-state index in [0.717, 1.165) is 12.8 Å². The van der Waals surface area contributed by atoms with E-state index in [2.05, 4.69) is 17.2 Å². The molecule has 29 heavy (non-hydrogen) atoms. The first-order valence-electron chi connectivity index (χ1n) is 8.97. The summed E-state index contributed by atoms with van der Waals surface area (Å²) in [6.45, 7) is 3.34. The van der Waals surface area contributed by atoms with Crippen LogP contribution in [0.15, 0.2) is 29.6 Å². The van der Waals surface area contributed by atoms with E-state index in [1.807, 2.05) is 4.90 Å². The van der Waals surface area contributed by atoms with Gasteiger partial charge >= 0.3 is 0 Å². The number of hydrogen-bond acceptors (Lipinski definition) is 5. The van der Waals surface area contributed by atoms with E-state index in [1.165, 1.54) is 29.5 Å². The van der Waals surface area contributed by atoms with Crippen LogP contribution in [0.25, 0.3) is 0 Å². The van der Waals surface area contributed by atoms with Crippen LogP contribution in [-0.2, 0) is 11.2 Å². The highest BCUT2D eigenvalue weighted by Gasteiger charge is 2.29. The number of halogens is 3. The Morgan fingerprint density at radius 1 is 1.34 bits per heavy atom. The number of carbonyl (C=O) groups is 2. The number of piperidine rings is 1. The summed E-state index contributed by atoms with van der Waals surface area (Å²) in [5.74, 6) is -0.584. The fourth-order valence-electron chi connectivity index (χ4n) is 3.32. The Labute approximate surface area is 185 Å². The third-order valence-corrected chi connectivity index (χ3v) is 5.60. The summed E-state index contributed by atoms with van der Waals surface area (Å²) in [6, 6.07) is 5.83. The minimum atomic E-state index is -0.589. The van der Waals surface area contributed by atoms with Crippen LogP contribution in [0.1, 0.15) is 35.8 Å². The number of nitrogens with two attached hydrogens (primary N) is 1. The number of likely N-dealkylation sites (tertiary alicyclic amines) is 1. The molecule has 160 valence electrons. The molecule has 0 saturated carbocycles. The van der Waals surface area contributed by atoms with Crippen LogP contribution < -0.4 is 11.1 Å². The van der Waals surface area contributed by atoms with Crippen molar-refractivity contribution in [2.75, 3.05) is 18.4 Å². The molecule has 1 aliphatic heterocycles. The molecule has 1 aliphatic rings. The number of nitrogens with zero attached hydrogens (tertiary/aromatic N) is 2. The third kappa shape index (κ3) is 6.37. The second-order valence-corrected chi connectivity index (χ2v) is 7.72. The second kappa shape index (κ2) is 11.4. The number of rotatable bonds is 5. The van der Waals surface area contributed by atoms with Crippen LogP contribution in [0.4, 0.5) is 9.52 Å². The van der Waals surface area contributed by atoms with Crippen molar-refractivity contribution in [1.82, 2.24) is 9.88 Å². The van der Waals surface area contributed by atoms with E-state index >= 15 is 0 Å². The lowest BCUT2D eigenvalue weighted by atomic mass is 9.92. The Kier molecular flexibility index (Phi) is 9.98. The maximum atomic E-state index is 13.7. The average molecular weight is 463 g/mol. The summed E-state index contributed by atoms with van der Waals surface area (Å²) in [5.41, 5.74) is 6.37. The summed E-state index contributed by atoms with van der Waals surface area (Å²) in [6.07, 6.45) is 2.06. The molecule has 1 aromatic carbocycles. The number of nitrogens with one attached hydrogen (secondary N) is 1. The van der Waals surface area contributed by atoms with E-state index in [0.29, 0.717) is 29.8 Å². The first kappa shape index (κ1) is 25.3. The van der Waals surface area contributed by atoms with E-state index in [4.69, 9.17) is 5.73 Å². The molecule has 1 fully saturated rings. The minimum absolute atomic E-state index is 0. The summed E-state index contributed by atoms with van der Waals surface area (Å²) >= 11 is 1.21. The Hall–Kier alpha value is -1.74. The van der Waals surface area contributed by atoms with Crippen LogP contribution in [0.2, 0.25) is 0 Å². The van der Waals surface area contributed by atoms with Crippen molar-refractivity contribution >= 4 is 53.1 Å². The summed E-state index contributed by atoms with van der Waals surface area (Å²) in [4.78, 5) is 30.9. The zero-order valence-corrected chi connectivity index (χ0v) is 18.4. The minimum Gasteiger partial charge on any atom is -0.338 e. The van der Waals surface area contributed by atoms with Crippen molar-refractivity contribution in [2.24, 2.45) is 11.7 Å². The third-order valence-electron chi connectivity index (χ3n) is 4.79. The molecule has 0 spiro atoms. The quantitative estimate of drug-likeness (QED) is 0.711. The van der Waals surface area contributed by atoms with Crippen LogP contribution in [0, 0.1) is 11.7 Å². The second-order valence-electron chi connectivity index (χ2n) is 6.86. The Balaban J connectivity index is 0.00000210. The fourth-order valence-corrected chi connectivity index (χ4v) is 4.02. The first-order valence-corrected chi connectivity index (χ1v) is 9.85. The van der Waals surface area contributed by atoms with Gasteiger partial charge in [0, 0.05) is 24.5 Å². The molecule has 6 nitrogen and oxygen atoms in total. The number of aromatic nitrogens is 1. The molecule has 10 heteroatoms. The fraction of sp³-hybridized carbons (Fsp3) is 0.421. The van der Waals surface area contributed by atoms with Gasteiger partial charge in [-0.3, -0.25) is 14.9 Å². The predicted molar refractivity (Wildman–Crippen MR) is 118 cm³/mol. The number of thiazole rings is 1. The topological polar surface area (TPSA) is 88.3 Å². The average Bonchev–Trinajstić information content (AvgIpc) is 3.08. The number of benzene rings is 1. The molecule has 2 heterocycles. The SMILES string of the molecule is CC1CCN(C(=O)Cc2csc(NC(=O)c3ccccc3F)n2)C(CN)C1.Cl.Cl. The van der Waals surface area contributed by atoms with Gasteiger partial charge in [-0.1, -0.05) is 19.1 Å². The van der Waals surface area contributed by atoms with Crippen molar-refractivity contribution in [3.05, 3.63) is 46.7 Å². The highest BCUT2D eigenvalue weighted by molar-refractivity contribution is 7.14. The molecule has 3 N–H and O–H groups in total. The highest BCUT2D eigenvalue weighted by atomic mass is 35.5. The van der Waals surface area contributed by atoms with Gasteiger partial charge in [0.05, 0.1) is 17.7 Å². The number of hydrogen-bond donors (Lipinski definition) is 2. The smallest absolute Gasteiger partial charge is 0.260 e. The molecule has 1 aromatic heterocycles. The monoisotopic (exact) mass is 462 g/mol. The van der Waals surface area contributed by atoms with E-state index < -0.39 is 11.7 Å². The van der Waals surface area contributed by atoms with Gasteiger partial charge in [-0.05, 0) is 30.9 Å². The van der Waals surface area contributed by atoms with Gasteiger partial charge in [0.25, 0.3) is 5.91 Å². The molecule has 2 unspecified atom stereocenters. The van der Waals surface area contributed by atoms with Gasteiger partial charge in [-0.15, -0.1) is 36.2 Å². The van der Waals surface area contributed by atoms with Crippen LogP contribution in [0.3, 0.4) is 0 Å². The van der Waals surface area contributed by atoms with Crippen LogP contribution >= 0.6 is 36.2 Å². The predicted octanol–water partition coefficient (Wildman–Crippen LogP) is 3.51. The van der Waals surface area contributed by atoms with Crippen molar-refractivity contribution in [3.8, 4) is 0 Å². The number of anilines is 1. The molecular formula is C19H25Cl2FN4O2S. The lowest BCUT2D eigenvalue weighted by Gasteiger charge is -2.38. The molecule has 0 aliphatic carbocycles. The summed E-state index contributed by atoms with van der Waals surface area (Å²) < 4.78 is 13.7. The molecule has 2 amide bonds. The Morgan fingerprint density at radius 2 is 2.07 bits per heavy atom. The Morgan fingerprint density at radius 3 is 2.76 bits per heavy atom. The summed E-state index contributed by atoms with van der Waals surface area (Å²) in [5, 5.41) is 4.66. The first-order chi connectivity index (χ1) is 13.0. The van der Waals surface area contributed by atoms with Crippen molar-refractivity contribution in [2.45, 2.75) is 32.2 Å². The van der Waals surface area contributed by atoms with E-state index in [-0.39, 0.29) is 48.7 Å². The maximum Gasteiger partial charge on any atom is 0.260 e. The zero-order valence-electron chi connectivity index (χ0n) is 16.0. The van der Waals surface area contributed by atoms with Crippen LogP contribution in [0.5, 0.6) is 0 Å². The van der Waals surface area contributed by atoms with Gasteiger partial charge in [-0.2, -0.15) is 0 Å². The van der Waals surface area contributed by atoms with Crippen LogP contribution in [-0.4, -0.2) is 40.8 Å². The van der Waals surface area contributed by atoms with E-state index in [9.17, 15) is 14.0 Å². The molecule has 0 bridgehead atoms.